The molecule has 2 rings (SSSR count). The molecule has 0 radical (unpaired) electrons. The number of hydrogen-bond acceptors (Lipinski definition) is 3. The van der Waals surface area contributed by atoms with Gasteiger partial charge in [0.2, 0.25) is 11.8 Å². The van der Waals surface area contributed by atoms with Crippen LogP contribution in [0.5, 0.6) is 0 Å². The molecule has 6 nitrogen and oxygen atoms in total. The molecule has 1 atom stereocenters. The summed E-state index contributed by atoms with van der Waals surface area (Å²) in [6.45, 7) is 8.03. The third-order valence-electron chi connectivity index (χ3n) is 12.3. The van der Waals surface area contributed by atoms with Crippen LogP contribution >= 0.6 is 0 Å². The lowest BCUT2D eigenvalue weighted by Crippen LogP contribution is -2.52. The van der Waals surface area contributed by atoms with E-state index in [0.29, 0.717) is 13.0 Å². The number of carbonyl (C=O) groups excluding carboxylic acids is 2. The number of nitrogens with one attached hydrogen (secondary N) is 1. The summed E-state index contributed by atoms with van der Waals surface area (Å²) in [7, 11) is 0. The highest BCUT2D eigenvalue weighted by molar-refractivity contribution is 5.87. The monoisotopic (exact) mass is 793 g/mol. The van der Waals surface area contributed by atoms with Crippen LogP contribution in [0.1, 0.15) is 244 Å². The molecule has 1 N–H and O–H groups in total. The maximum atomic E-state index is 14.2. The summed E-state index contributed by atoms with van der Waals surface area (Å²) in [6.07, 6.45) is 55.2. The Balaban J connectivity index is 1.86. The first-order chi connectivity index (χ1) is 28.1. The molecule has 1 saturated carbocycles. The number of rotatable bonds is 37. The van der Waals surface area contributed by atoms with E-state index >= 15 is 0 Å². The maximum absolute atomic E-state index is 14.2. The number of allylic oxidation sites excluding steroid dienone is 4. The van der Waals surface area contributed by atoms with Crippen molar-refractivity contribution < 1.29 is 9.59 Å². The van der Waals surface area contributed by atoms with Crippen LogP contribution in [0.25, 0.3) is 0 Å². The van der Waals surface area contributed by atoms with Gasteiger partial charge in [0.1, 0.15) is 11.9 Å². The molecule has 0 spiro atoms. The summed E-state index contributed by atoms with van der Waals surface area (Å²) in [6, 6.07) is -0.134. The van der Waals surface area contributed by atoms with Gasteiger partial charge in [0.25, 0.3) is 0 Å². The second-order valence-electron chi connectivity index (χ2n) is 17.5. The van der Waals surface area contributed by atoms with E-state index in [0.717, 1.165) is 63.7 Å². The Morgan fingerprint density at radius 2 is 1.14 bits per heavy atom. The number of amides is 2. The van der Waals surface area contributed by atoms with Gasteiger partial charge >= 0.3 is 0 Å². The van der Waals surface area contributed by atoms with E-state index in [-0.39, 0.29) is 23.9 Å². The van der Waals surface area contributed by atoms with Crippen molar-refractivity contribution in [3.63, 3.8) is 0 Å². The average molecular weight is 793 g/mol. The third kappa shape index (κ3) is 27.1. The second-order valence-corrected chi connectivity index (χ2v) is 17.5. The van der Waals surface area contributed by atoms with E-state index in [1.165, 1.54) is 167 Å². The Hall–Kier alpha value is -2.37. The molecule has 1 aliphatic rings. The molecule has 0 aromatic carbocycles. The maximum Gasteiger partial charge on any atom is 0.243 e. The Morgan fingerprint density at radius 3 is 1.63 bits per heavy atom. The van der Waals surface area contributed by atoms with Gasteiger partial charge in [-0.25, -0.2) is 4.98 Å². The first-order valence-electron chi connectivity index (χ1n) is 24.9. The predicted octanol–water partition coefficient (Wildman–Crippen LogP) is 14.7. The number of nitrogens with zero attached hydrogens (tertiary/aromatic N) is 3. The third-order valence-corrected chi connectivity index (χ3v) is 12.3. The highest BCUT2D eigenvalue weighted by Gasteiger charge is 2.30. The van der Waals surface area contributed by atoms with E-state index in [2.05, 4.69) is 53.0 Å². The van der Waals surface area contributed by atoms with Gasteiger partial charge in [-0.15, -0.1) is 0 Å². The predicted molar refractivity (Wildman–Crippen MR) is 246 cm³/mol. The van der Waals surface area contributed by atoms with Crippen molar-refractivity contribution >= 4 is 11.8 Å². The number of aryl methyl sites for hydroxylation is 2. The van der Waals surface area contributed by atoms with Crippen molar-refractivity contribution in [1.82, 2.24) is 19.8 Å². The fraction of sp³-hybridized carbons (Fsp3) is 0.824. The molecule has 1 fully saturated rings. The fourth-order valence-electron chi connectivity index (χ4n) is 8.55. The zero-order chi connectivity index (χ0) is 40.9. The van der Waals surface area contributed by atoms with Crippen molar-refractivity contribution in [1.29, 1.82) is 0 Å². The quantitative estimate of drug-likeness (QED) is 0.0414. The van der Waals surface area contributed by atoms with Crippen LogP contribution in [-0.2, 0) is 16.1 Å². The molecule has 1 heterocycles. The van der Waals surface area contributed by atoms with E-state index in [9.17, 15) is 9.59 Å². The normalized spacial score (nSPS) is 14.4. The molecular formula is C51H92N4O2. The van der Waals surface area contributed by atoms with E-state index in [1.54, 1.807) is 0 Å². The number of carbonyl (C=O) groups is 2. The van der Waals surface area contributed by atoms with Crippen LogP contribution in [0.4, 0.5) is 0 Å². The molecule has 0 aliphatic heterocycles. The van der Waals surface area contributed by atoms with Crippen molar-refractivity contribution in [3.05, 3.63) is 42.5 Å². The Bertz CT molecular complexity index is 1130. The van der Waals surface area contributed by atoms with Crippen molar-refractivity contribution in [2.45, 2.75) is 264 Å². The minimum atomic E-state index is -0.377. The lowest BCUT2D eigenvalue weighted by molar-refractivity contribution is -0.141. The molecule has 2 amide bonds. The van der Waals surface area contributed by atoms with E-state index in [1.807, 2.05) is 24.2 Å². The number of hydrogen-bond donors (Lipinski definition) is 1. The molecule has 1 unspecified atom stereocenters. The Kier molecular flexibility index (Phi) is 32.7. The van der Waals surface area contributed by atoms with Gasteiger partial charge in [-0.1, -0.05) is 173 Å². The summed E-state index contributed by atoms with van der Waals surface area (Å²) >= 11 is 0. The summed E-state index contributed by atoms with van der Waals surface area (Å²) in [5.74, 6) is 1.26. The fourth-order valence-corrected chi connectivity index (χ4v) is 8.55. The van der Waals surface area contributed by atoms with Gasteiger partial charge in [-0.3, -0.25) is 9.59 Å². The molecule has 6 heteroatoms. The molecule has 0 bridgehead atoms. The minimum absolute atomic E-state index is 0.0918. The SMILES string of the molecule is CCCCCCCC/C=C\CCCCCCCC(=O)N(CCCn1ccnc1C)C(CCCCCCC/C=C\CCCCCCCC)C(=O)NC1CCCCCC1. The van der Waals surface area contributed by atoms with E-state index in [4.69, 9.17) is 0 Å². The van der Waals surface area contributed by atoms with Crippen LogP contribution in [-0.4, -0.2) is 44.9 Å². The lowest BCUT2D eigenvalue weighted by atomic mass is 10.0. The molecule has 1 aliphatic carbocycles. The van der Waals surface area contributed by atoms with Crippen molar-refractivity contribution in [2.75, 3.05) is 6.54 Å². The zero-order valence-electron chi connectivity index (χ0n) is 37.9. The number of unbranched alkanes of at least 4 members (excludes halogenated alkanes) is 22. The summed E-state index contributed by atoms with van der Waals surface area (Å²) < 4.78 is 2.16. The average Bonchev–Trinajstić information content (AvgIpc) is 3.45. The standard InChI is InChI=1S/C51H92N4O2/c1-4-6-8-10-12-14-16-18-20-22-24-26-28-30-36-41-49(51(57)53-48-39-34-32-33-35-40-48)55(45-38-44-54-46-43-52-47(54)3)50(56)42-37-31-29-27-25-23-21-19-17-15-13-11-9-7-5-2/h18-21,43,46,48-49H,4-17,22-42,44-45H2,1-3H3,(H,53,57)/b20-18-,21-19-. The van der Waals surface area contributed by atoms with Gasteiger partial charge in [0, 0.05) is 37.9 Å². The van der Waals surface area contributed by atoms with Crippen LogP contribution in [0, 0.1) is 6.92 Å². The van der Waals surface area contributed by atoms with Crippen LogP contribution in [0.2, 0.25) is 0 Å². The first-order valence-corrected chi connectivity index (χ1v) is 24.9. The van der Waals surface area contributed by atoms with Crippen LogP contribution < -0.4 is 5.32 Å². The van der Waals surface area contributed by atoms with Gasteiger partial charge in [-0.05, 0) is 90.4 Å². The van der Waals surface area contributed by atoms with Crippen LogP contribution in [0.3, 0.4) is 0 Å². The van der Waals surface area contributed by atoms with Gasteiger partial charge < -0.3 is 14.8 Å². The molecule has 1 aromatic heterocycles. The summed E-state index contributed by atoms with van der Waals surface area (Å²) in [5.41, 5.74) is 0. The zero-order valence-corrected chi connectivity index (χ0v) is 37.9. The summed E-state index contributed by atoms with van der Waals surface area (Å²) in [4.78, 5) is 34.7. The molecule has 328 valence electrons. The van der Waals surface area contributed by atoms with Gasteiger partial charge in [0.15, 0.2) is 0 Å². The Labute approximate surface area is 353 Å². The highest BCUT2D eigenvalue weighted by atomic mass is 16.2. The number of aromatic nitrogens is 2. The first kappa shape index (κ1) is 50.8. The molecule has 1 aromatic rings. The molecule has 0 saturated heterocycles. The Morgan fingerprint density at radius 1 is 0.667 bits per heavy atom. The largest absolute Gasteiger partial charge is 0.352 e. The topological polar surface area (TPSA) is 67.2 Å². The second kappa shape index (κ2) is 36.7. The van der Waals surface area contributed by atoms with Crippen LogP contribution in [0.15, 0.2) is 36.7 Å². The van der Waals surface area contributed by atoms with Crippen molar-refractivity contribution in [2.24, 2.45) is 0 Å². The smallest absolute Gasteiger partial charge is 0.243 e. The molecule has 57 heavy (non-hydrogen) atoms. The molecular weight excluding hydrogens is 701 g/mol. The minimum Gasteiger partial charge on any atom is -0.352 e. The summed E-state index contributed by atoms with van der Waals surface area (Å²) in [5, 5.41) is 3.47. The van der Waals surface area contributed by atoms with Crippen molar-refractivity contribution in [3.8, 4) is 0 Å². The van der Waals surface area contributed by atoms with Gasteiger partial charge in [-0.2, -0.15) is 0 Å². The number of imidazole rings is 1. The lowest BCUT2D eigenvalue weighted by Gasteiger charge is -2.33. The van der Waals surface area contributed by atoms with E-state index < -0.39 is 0 Å². The highest BCUT2D eigenvalue weighted by Crippen LogP contribution is 2.21. The van der Waals surface area contributed by atoms with Gasteiger partial charge in [0.05, 0.1) is 0 Å².